The number of halogens is 1. The van der Waals surface area contributed by atoms with Crippen LogP contribution in [0.3, 0.4) is 0 Å². The molecule has 33 heavy (non-hydrogen) atoms. The summed E-state index contributed by atoms with van der Waals surface area (Å²) in [5, 5.41) is 10.1. The largest absolute Gasteiger partial charge is 0.376 e. The van der Waals surface area contributed by atoms with E-state index >= 15 is 0 Å². The molecule has 0 amide bonds. The van der Waals surface area contributed by atoms with E-state index in [0.29, 0.717) is 28.7 Å². The van der Waals surface area contributed by atoms with Crippen molar-refractivity contribution in [2.45, 2.75) is 56.7 Å². The molecule has 0 aliphatic carbocycles. The molecule has 1 aromatic carbocycles. The molecule has 10 heteroatoms. The van der Waals surface area contributed by atoms with Crippen LogP contribution < -0.4 is 5.56 Å². The van der Waals surface area contributed by atoms with Crippen LogP contribution in [0.4, 0.5) is 4.39 Å². The molecule has 1 N–H and O–H groups in total. The van der Waals surface area contributed by atoms with Gasteiger partial charge in [-0.2, -0.15) is 0 Å². The summed E-state index contributed by atoms with van der Waals surface area (Å²) in [4.78, 5) is 22.3. The van der Waals surface area contributed by atoms with Crippen molar-refractivity contribution in [2.75, 3.05) is 6.61 Å². The van der Waals surface area contributed by atoms with Crippen molar-refractivity contribution in [2.24, 2.45) is 0 Å². The normalized spacial score (nSPS) is 17.2. The van der Waals surface area contributed by atoms with Crippen LogP contribution in [0.25, 0.3) is 21.6 Å². The van der Waals surface area contributed by atoms with Gasteiger partial charge < -0.3 is 9.72 Å². The Hall–Kier alpha value is -2.56. The van der Waals surface area contributed by atoms with E-state index in [1.807, 2.05) is 25.3 Å². The highest BCUT2D eigenvalue weighted by Gasteiger charge is 2.24. The van der Waals surface area contributed by atoms with Gasteiger partial charge in [0.25, 0.3) is 5.56 Å². The Balaban J connectivity index is 1.49. The molecule has 0 radical (unpaired) electrons. The average molecular weight is 486 g/mol. The summed E-state index contributed by atoms with van der Waals surface area (Å²) in [6.45, 7) is 7.31. The number of benzene rings is 1. The Morgan fingerprint density at radius 3 is 2.82 bits per heavy atom. The maximum atomic E-state index is 13.5. The number of rotatable bonds is 6. The van der Waals surface area contributed by atoms with E-state index in [9.17, 15) is 9.18 Å². The van der Waals surface area contributed by atoms with Gasteiger partial charge in [0.2, 0.25) is 0 Å². The quantitative estimate of drug-likeness (QED) is 0.386. The molecule has 7 nitrogen and oxygen atoms in total. The number of hydrogen-bond donors (Lipinski definition) is 1. The summed E-state index contributed by atoms with van der Waals surface area (Å²) in [5.41, 5.74) is 1.66. The third-order valence-electron chi connectivity index (χ3n) is 5.95. The molecule has 1 fully saturated rings. The zero-order chi connectivity index (χ0) is 23.1. The number of fused-ring (bicyclic) bond motifs is 1. The van der Waals surface area contributed by atoms with Gasteiger partial charge in [0, 0.05) is 17.0 Å². The number of nitrogens with one attached hydrogen (secondary N) is 1. The third kappa shape index (κ3) is 4.34. The maximum Gasteiger partial charge on any atom is 0.259 e. The maximum absolute atomic E-state index is 13.5. The van der Waals surface area contributed by atoms with Crippen LogP contribution >= 0.6 is 23.1 Å². The summed E-state index contributed by atoms with van der Waals surface area (Å²) < 4.78 is 21.3. The van der Waals surface area contributed by atoms with Gasteiger partial charge in [-0.25, -0.2) is 9.37 Å². The molecule has 1 aliphatic heterocycles. The first-order valence-corrected chi connectivity index (χ1v) is 12.6. The predicted molar refractivity (Wildman–Crippen MR) is 128 cm³/mol. The predicted octanol–water partition coefficient (Wildman–Crippen LogP) is 5.03. The van der Waals surface area contributed by atoms with E-state index in [0.717, 1.165) is 40.3 Å². The third-order valence-corrected chi connectivity index (χ3v) is 8.14. The Morgan fingerprint density at radius 2 is 2.09 bits per heavy atom. The van der Waals surface area contributed by atoms with Crippen LogP contribution in [0.15, 0.2) is 34.2 Å². The Bertz CT molecular complexity index is 1360. The van der Waals surface area contributed by atoms with Gasteiger partial charge in [0.15, 0.2) is 11.0 Å². The summed E-state index contributed by atoms with van der Waals surface area (Å²) in [7, 11) is 0. The first kappa shape index (κ1) is 22.2. The van der Waals surface area contributed by atoms with Gasteiger partial charge in [-0.3, -0.25) is 9.36 Å². The summed E-state index contributed by atoms with van der Waals surface area (Å²) in [6, 6.07) is 6.25. The topological polar surface area (TPSA) is 85.7 Å². The highest BCUT2D eigenvalue weighted by Crippen LogP contribution is 2.36. The summed E-state index contributed by atoms with van der Waals surface area (Å²) in [5.74, 6) is 0.979. The molecular weight excluding hydrogens is 461 g/mol. The molecule has 172 valence electrons. The van der Waals surface area contributed by atoms with E-state index < -0.39 is 0 Å². The van der Waals surface area contributed by atoms with Crippen LogP contribution in [-0.2, 0) is 11.3 Å². The summed E-state index contributed by atoms with van der Waals surface area (Å²) in [6.07, 6.45) is 2.09. The lowest BCUT2D eigenvalue weighted by molar-refractivity contribution is 0.0953. The van der Waals surface area contributed by atoms with E-state index in [1.54, 1.807) is 12.1 Å². The van der Waals surface area contributed by atoms with Gasteiger partial charge in [0.1, 0.15) is 16.5 Å². The minimum atomic E-state index is -0.295. The van der Waals surface area contributed by atoms with Crippen LogP contribution in [0.5, 0.6) is 0 Å². The molecular formula is C23H24FN5O2S2. The molecule has 2 unspecified atom stereocenters. The average Bonchev–Trinajstić information content (AvgIpc) is 3.50. The number of ether oxygens (including phenoxy) is 1. The fourth-order valence-electron chi connectivity index (χ4n) is 4.02. The second-order valence-corrected chi connectivity index (χ2v) is 10.7. The fraction of sp³-hybridized carbons (Fsp3) is 0.391. The number of H-pyrrole nitrogens is 1. The van der Waals surface area contributed by atoms with Crippen LogP contribution in [0.1, 0.15) is 41.3 Å². The first-order chi connectivity index (χ1) is 15.9. The second-order valence-electron chi connectivity index (χ2n) is 8.23. The molecule has 4 aromatic rings. The molecule has 1 saturated heterocycles. The standard InChI is InChI=1S/C23H24FN5O2S2/c1-12-13(2)32-22-18(12)21(30)25-19(26-22)14(3)33-23-28-27-20(15-6-8-16(24)9-7-15)29(23)11-17-5-4-10-31-17/h6-9,14,17H,4-5,10-11H2,1-3H3,(H,25,26,30). The van der Waals surface area contributed by atoms with Gasteiger partial charge in [-0.1, -0.05) is 11.8 Å². The highest BCUT2D eigenvalue weighted by atomic mass is 32.2. The van der Waals surface area contributed by atoms with Crippen LogP contribution in [0.2, 0.25) is 0 Å². The van der Waals surface area contributed by atoms with E-state index in [4.69, 9.17) is 9.72 Å². The Morgan fingerprint density at radius 1 is 1.30 bits per heavy atom. The fourth-order valence-corrected chi connectivity index (χ4v) is 5.98. The van der Waals surface area contributed by atoms with Crippen molar-refractivity contribution in [3.8, 4) is 11.4 Å². The summed E-state index contributed by atoms with van der Waals surface area (Å²) >= 11 is 3.02. The van der Waals surface area contributed by atoms with Crippen molar-refractivity contribution in [1.82, 2.24) is 24.7 Å². The number of aromatic nitrogens is 5. The van der Waals surface area contributed by atoms with Gasteiger partial charge >= 0.3 is 0 Å². The van der Waals surface area contributed by atoms with Gasteiger partial charge in [-0.05, 0) is 63.4 Å². The van der Waals surface area contributed by atoms with Crippen molar-refractivity contribution in [3.05, 3.63) is 56.7 Å². The van der Waals surface area contributed by atoms with Gasteiger partial charge in [0.05, 0.1) is 23.3 Å². The minimum Gasteiger partial charge on any atom is -0.376 e. The monoisotopic (exact) mass is 485 g/mol. The molecule has 5 rings (SSSR count). The van der Waals surface area contributed by atoms with Crippen molar-refractivity contribution in [3.63, 3.8) is 0 Å². The number of hydrogen-bond acceptors (Lipinski definition) is 7. The molecule has 2 atom stereocenters. The Labute approximate surface area is 198 Å². The first-order valence-electron chi connectivity index (χ1n) is 10.9. The van der Waals surface area contributed by atoms with Crippen molar-refractivity contribution in [1.29, 1.82) is 0 Å². The van der Waals surface area contributed by atoms with Crippen molar-refractivity contribution < 1.29 is 9.13 Å². The van der Waals surface area contributed by atoms with E-state index in [1.165, 1.54) is 35.2 Å². The lowest BCUT2D eigenvalue weighted by Gasteiger charge is -2.16. The van der Waals surface area contributed by atoms with Gasteiger partial charge in [-0.15, -0.1) is 21.5 Å². The number of thiophene rings is 1. The minimum absolute atomic E-state index is 0.0844. The van der Waals surface area contributed by atoms with E-state index in [2.05, 4.69) is 15.2 Å². The van der Waals surface area contributed by atoms with Crippen LogP contribution in [0, 0.1) is 19.7 Å². The van der Waals surface area contributed by atoms with Crippen molar-refractivity contribution >= 4 is 33.3 Å². The van der Waals surface area contributed by atoms with Crippen LogP contribution in [-0.4, -0.2) is 37.4 Å². The highest BCUT2D eigenvalue weighted by molar-refractivity contribution is 7.99. The zero-order valence-electron chi connectivity index (χ0n) is 18.6. The number of aromatic amines is 1. The number of nitrogens with zero attached hydrogens (tertiary/aromatic N) is 4. The molecule has 0 spiro atoms. The molecule has 4 heterocycles. The molecule has 0 saturated carbocycles. The second kappa shape index (κ2) is 9.00. The SMILES string of the molecule is Cc1sc2nc(C(C)Sc3nnc(-c4ccc(F)cc4)n3CC3CCCO3)[nH]c(=O)c2c1C. The molecule has 3 aromatic heterocycles. The molecule has 0 bridgehead atoms. The smallest absolute Gasteiger partial charge is 0.259 e. The lowest BCUT2D eigenvalue weighted by atomic mass is 10.2. The molecule has 1 aliphatic rings. The Kier molecular flexibility index (Phi) is 6.07. The number of aryl methyl sites for hydroxylation is 2. The zero-order valence-corrected chi connectivity index (χ0v) is 20.2. The lowest BCUT2D eigenvalue weighted by Crippen LogP contribution is -2.17. The number of thioether (sulfide) groups is 1. The van der Waals surface area contributed by atoms with E-state index in [-0.39, 0.29) is 22.7 Å².